The number of halogens is 2. The molecule has 0 aliphatic carbocycles. The summed E-state index contributed by atoms with van der Waals surface area (Å²) >= 11 is 0. The predicted molar refractivity (Wildman–Crippen MR) is 98.4 cm³/mol. The highest BCUT2D eigenvalue weighted by molar-refractivity contribution is 5.86. The van der Waals surface area contributed by atoms with Crippen LogP contribution in [-0.4, -0.2) is 17.9 Å². The molecular formula is C21H22F2N2O. The molecule has 2 N–H and O–H groups in total. The van der Waals surface area contributed by atoms with Crippen LogP contribution in [0.25, 0.3) is 0 Å². The van der Waals surface area contributed by atoms with E-state index >= 15 is 0 Å². The number of fused-ring (bicyclic) bond motifs is 2. The average molecular weight is 356 g/mol. The lowest BCUT2D eigenvalue weighted by atomic mass is 9.84. The van der Waals surface area contributed by atoms with Gasteiger partial charge in [-0.3, -0.25) is 4.79 Å². The molecule has 2 aromatic carbocycles. The van der Waals surface area contributed by atoms with Crippen LogP contribution in [0.3, 0.4) is 0 Å². The second-order valence-electron chi connectivity index (χ2n) is 7.49. The molecule has 2 aliphatic heterocycles. The Morgan fingerprint density at radius 3 is 1.73 bits per heavy atom. The van der Waals surface area contributed by atoms with Gasteiger partial charge in [0, 0.05) is 35.3 Å². The number of hydrogen-bond donors (Lipinski definition) is 2. The molecule has 2 heterocycles. The van der Waals surface area contributed by atoms with E-state index in [0.717, 1.165) is 22.5 Å². The lowest BCUT2D eigenvalue weighted by Gasteiger charge is -2.26. The molecule has 0 bridgehead atoms. The molecule has 0 radical (unpaired) electrons. The quantitative estimate of drug-likeness (QED) is 0.863. The Hall–Kier alpha value is -2.43. The molecule has 0 aromatic heterocycles. The largest absolute Gasteiger partial charge is 0.381 e. The van der Waals surface area contributed by atoms with Gasteiger partial charge in [0.1, 0.15) is 17.4 Å². The van der Waals surface area contributed by atoms with E-state index in [4.69, 9.17) is 0 Å². The van der Waals surface area contributed by atoms with Gasteiger partial charge in [-0.2, -0.15) is 0 Å². The van der Waals surface area contributed by atoms with Gasteiger partial charge in [-0.25, -0.2) is 8.78 Å². The number of carbonyl (C=O) groups excluding carboxylic acids is 1. The number of rotatable bonds is 4. The maximum atomic E-state index is 13.4. The summed E-state index contributed by atoms with van der Waals surface area (Å²) in [6.45, 7) is 3.86. The molecular weight excluding hydrogens is 334 g/mol. The molecule has 5 heteroatoms. The Kier molecular flexibility index (Phi) is 4.17. The van der Waals surface area contributed by atoms with Crippen molar-refractivity contribution in [3.63, 3.8) is 0 Å². The van der Waals surface area contributed by atoms with Gasteiger partial charge in [0.05, 0.1) is 0 Å². The van der Waals surface area contributed by atoms with Crippen molar-refractivity contribution in [1.82, 2.24) is 0 Å². The molecule has 0 amide bonds. The maximum Gasteiger partial charge on any atom is 0.142 e. The first-order chi connectivity index (χ1) is 12.4. The first-order valence-electron chi connectivity index (χ1n) is 9.06. The summed E-state index contributed by atoms with van der Waals surface area (Å²) in [5, 5.41) is 6.71. The fourth-order valence-corrected chi connectivity index (χ4v) is 4.13. The van der Waals surface area contributed by atoms with Crippen LogP contribution in [0.15, 0.2) is 36.4 Å². The lowest BCUT2D eigenvalue weighted by Crippen LogP contribution is -2.39. The first kappa shape index (κ1) is 17.0. The van der Waals surface area contributed by atoms with Crippen LogP contribution < -0.4 is 10.6 Å². The van der Waals surface area contributed by atoms with Crippen molar-refractivity contribution in [1.29, 1.82) is 0 Å². The highest BCUT2D eigenvalue weighted by Gasteiger charge is 2.36. The van der Waals surface area contributed by atoms with Crippen molar-refractivity contribution in [3.8, 4) is 0 Å². The number of benzene rings is 2. The molecule has 4 rings (SSSR count). The van der Waals surface area contributed by atoms with E-state index < -0.39 is 0 Å². The van der Waals surface area contributed by atoms with E-state index in [1.165, 1.54) is 24.3 Å². The monoisotopic (exact) mass is 356 g/mol. The van der Waals surface area contributed by atoms with Gasteiger partial charge in [0.2, 0.25) is 0 Å². The zero-order valence-electron chi connectivity index (χ0n) is 14.9. The summed E-state index contributed by atoms with van der Waals surface area (Å²) in [4.78, 5) is 13.0. The standard InChI is InChI=1S/C21H22F2N2O/c1-11(19-9-13-7-15(22)3-5-17(13)24-19)21(26)12(2)20-10-14-8-16(23)4-6-18(14)25-20/h3-8,11-12,19-20,24-25H,9-10H2,1-2H3. The Morgan fingerprint density at radius 1 is 0.885 bits per heavy atom. The van der Waals surface area contributed by atoms with Crippen molar-refractivity contribution in [2.45, 2.75) is 38.8 Å². The van der Waals surface area contributed by atoms with Gasteiger partial charge in [-0.15, -0.1) is 0 Å². The van der Waals surface area contributed by atoms with Crippen LogP contribution in [0.2, 0.25) is 0 Å². The average Bonchev–Trinajstić information content (AvgIpc) is 3.22. The van der Waals surface area contributed by atoms with Gasteiger partial charge in [0.25, 0.3) is 0 Å². The van der Waals surface area contributed by atoms with E-state index in [2.05, 4.69) is 10.6 Å². The summed E-state index contributed by atoms with van der Waals surface area (Å²) in [6, 6.07) is 9.35. The molecule has 4 atom stereocenters. The fourth-order valence-electron chi connectivity index (χ4n) is 4.13. The van der Waals surface area contributed by atoms with Crippen LogP contribution in [-0.2, 0) is 17.6 Å². The van der Waals surface area contributed by atoms with Gasteiger partial charge in [0.15, 0.2) is 0 Å². The molecule has 2 aromatic rings. The Morgan fingerprint density at radius 2 is 1.31 bits per heavy atom. The third-order valence-electron chi connectivity index (χ3n) is 5.80. The molecule has 0 saturated carbocycles. The molecule has 0 spiro atoms. The fraction of sp³-hybridized carbons (Fsp3) is 0.381. The van der Waals surface area contributed by atoms with E-state index in [9.17, 15) is 13.6 Å². The van der Waals surface area contributed by atoms with Crippen LogP contribution >= 0.6 is 0 Å². The smallest absolute Gasteiger partial charge is 0.142 e. The number of carbonyl (C=O) groups is 1. The number of anilines is 2. The van der Waals surface area contributed by atoms with Crippen molar-refractivity contribution < 1.29 is 13.6 Å². The Bertz CT molecular complexity index is 798. The number of nitrogens with one attached hydrogen (secondary N) is 2. The highest BCUT2D eigenvalue weighted by Crippen LogP contribution is 2.34. The summed E-state index contributed by atoms with van der Waals surface area (Å²) in [5.74, 6) is -0.718. The number of Topliss-reactive ketones (excluding diaryl/α,β-unsaturated/α-hetero) is 1. The number of ketones is 1. The zero-order valence-corrected chi connectivity index (χ0v) is 14.9. The Balaban J connectivity index is 1.43. The van der Waals surface area contributed by atoms with Gasteiger partial charge in [-0.05, 0) is 60.4 Å². The van der Waals surface area contributed by atoms with Crippen molar-refractivity contribution in [3.05, 3.63) is 59.2 Å². The summed E-state index contributed by atoms with van der Waals surface area (Å²) in [7, 11) is 0. The first-order valence-corrected chi connectivity index (χ1v) is 9.06. The third-order valence-corrected chi connectivity index (χ3v) is 5.80. The number of hydrogen-bond acceptors (Lipinski definition) is 3. The Labute approximate surface area is 151 Å². The van der Waals surface area contributed by atoms with E-state index in [1.807, 2.05) is 13.8 Å². The van der Waals surface area contributed by atoms with E-state index in [-0.39, 0.29) is 41.3 Å². The molecule has 0 saturated heterocycles. The van der Waals surface area contributed by atoms with E-state index in [0.29, 0.717) is 12.8 Å². The molecule has 0 fully saturated rings. The van der Waals surface area contributed by atoms with Crippen LogP contribution in [0.1, 0.15) is 25.0 Å². The van der Waals surface area contributed by atoms with Crippen LogP contribution in [0.4, 0.5) is 20.2 Å². The second kappa shape index (κ2) is 6.38. The second-order valence-corrected chi connectivity index (χ2v) is 7.49. The van der Waals surface area contributed by atoms with E-state index in [1.54, 1.807) is 12.1 Å². The normalized spacial score (nSPS) is 22.8. The van der Waals surface area contributed by atoms with Crippen molar-refractivity contribution >= 4 is 17.2 Å². The summed E-state index contributed by atoms with van der Waals surface area (Å²) in [6.07, 6.45) is 1.30. The third kappa shape index (κ3) is 2.96. The minimum absolute atomic E-state index is 0.0250. The topological polar surface area (TPSA) is 41.1 Å². The van der Waals surface area contributed by atoms with Gasteiger partial charge < -0.3 is 10.6 Å². The summed E-state index contributed by atoms with van der Waals surface area (Å²) < 4.78 is 26.8. The van der Waals surface area contributed by atoms with Gasteiger partial charge >= 0.3 is 0 Å². The highest BCUT2D eigenvalue weighted by atomic mass is 19.1. The SMILES string of the molecule is CC(C(=O)C(C)C1Cc2cc(F)ccc2N1)C1Cc2cc(F)ccc2N1. The van der Waals surface area contributed by atoms with Gasteiger partial charge in [-0.1, -0.05) is 13.8 Å². The molecule has 4 unspecified atom stereocenters. The maximum absolute atomic E-state index is 13.4. The zero-order chi connectivity index (χ0) is 18.4. The van der Waals surface area contributed by atoms with Crippen molar-refractivity contribution in [2.75, 3.05) is 10.6 Å². The van der Waals surface area contributed by atoms with Crippen LogP contribution in [0.5, 0.6) is 0 Å². The van der Waals surface area contributed by atoms with Crippen molar-refractivity contribution in [2.24, 2.45) is 11.8 Å². The predicted octanol–water partition coefficient (Wildman–Crippen LogP) is 4.18. The molecule has 136 valence electrons. The minimum atomic E-state index is -0.251. The lowest BCUT2D eigenvalue weighted by molar-refractivity contribution is -0.126. The minimum Gasteiger partial charge on any atom is -0.381 e. The molecule has 2 aliphatic rings. The summed E-state index contributed by atoms with van der Waals surface area (Å²) in [5.41, 5.74) is 3.66. The molecule has 3 nitrogen and oxygen atoms in total. The molecule has 26 heavy (non-hydrogen) atoms. The van der Waals surface area contributed by atoms with Crippen LogP contribution in [0, 0.1) is 23.5 Å².